The van der Waals surface area contributed by atoms with Gasteiger partial charge in [-0.2, -0.15) is 0 Å². The van der Waals surface area contributed by atoms with E-state index in [1.54, 1.807) is 18.7 Å². The van der Waals surface area contributed by atoms with Crippen molar-refractivity contribution in [3.05, 3.63) is 35.9 Å². The molecule has 1 amide bonds. The fourth-order valence-corrected chi connectivity index (χ4v) is 2.66. The Morgan fingerprint density at radius 2 is 1.95 bits per heavy atom. The Labute approximate surface area is 117 Å². The number of carbonyl (C=O) groups excluding carboxylic acids is 2. The molecule has 3 rings (SSSR count). The van der Waals surface area contributed by atoms with E-state index in [1.165, 1.54) is 0 Å². The largest absolute Gasteiger partial charge is 0.348 e. The molecular formula is C15H17NO4. The van der Waals surface area contributed by atoms with Gasteiger partial charge in [-0.1, -0.05) is 30.3 Å². The van der Waals surface area contributed by atoms with Crippen LogP contribution in [0.1, 0.15) is 19.4 Å². The van der Waals surface area contributed by atoms with E-state index in [0.29, 0.717) is 13.2 Å². The lowest BCUT2D eigenvalue weighted by atomic mass is 9.94. The molecule has 0 aliphatic carbocycles. The predicted molar refractivity (Wildman–Crippen MR) is 70.7 cm³/mol. The fraction of sp³-hybridized carbons (Fsp3) is 0.467. The number of ketones is 1. The van der Waals surface area contributed by atoms with Gasteiger partial charge in [0, 0.05) is 6.54 Å². The van der Waals surface area contributed by atoms with Crippen molar-refractivity contribution in [3.8, 4) is 0 Å². The van der Waals surface area contributed by atoms with E-state index in [2.05, 4.69) is 0 Å². The molecule has 0 aromatic heterocycles. The van der Waals surface area contributed by atoms with E-state index in [0.717, 1.165) is 5.56 Å². The van der Waals surface area contributed by atoms with E-state index in [1.807, 2.05) is 30.3 Å². The molecule has 2 saturated heterocycles. The Morgan fingerprint density at radius 1 is 1.25 bits per heavy atom. The molecule has 5 nitrogen and oxygen atoms in total. The average Bonchev–Trinajstić information content (AvgIpc) is 2.78. The zero-order valence-corrected chi connectivity index (χ0v) is 11.5. The number of carbonyl (C=O) groups is 2. The average molecular weight is 275 g/mol. The van der Waals surface area contributed by atoms with Crippen LogP contribution >= 0.6 is 0 Å². The minimum absolute atomic E-state index is 0.335. The standard InChI is InChI=1S/C15H17NO4/c1-15(2)19-9-11(20-15)12-13(17)14(18)16(12)8-10-6-4-3-5-7-10/h3-7,11-12H,8-9H2,1-2H3/t11-,12+/m1/s1. The highest BCUT2D eigenvalue weighted by molar-refractivity contribution is 6.44. The number of β-lactam (4-membered cyclic amide) rings is 1. The van der Waals surface area contributed by atoms with Crippen LogP contribution in [0.4, 0.5) is 0 Å². The van der Waals surface area contributed by atoms with Gasteiger partial charge in [0.2, 0.25) is 5.78 Å². The predicted octanol–water partition coefficient (Wildman–Crippen LogP) is 1.12. The number of Topliss-reactive ketones (excluding diaryl/α,β-unsaturated/α-hetero) is 1. The number of benzene rings is 1. The molecule has 0 saturated carbocycles. The summed E-state index contributed by atoms with van der Waals surface area (Å²) < 4.78 is 11.2. The SMILES string of the molecule is CC1(C)OC[C@H]([C@H]2C(=O)C(=O)N2Cc2ccccc2)O1. The van der Waals surface area contributed by atoms with Crippen molar-refractivity contribution in [1.29, 1.82) is 0 Å². The second-order valence-electron chi connectivity index (χ2n) is 5.59. The maximum Gasteiger partial charge on any atom is 0.293 e. The monoisotopic (exact) mass is 275 g/mol. The fourth-order valence-electron chi connectivity index (χ4n) is 2.66. The van der Waals surface area contributed by atoms with Crippen LogP contribution in [-0.2, 0) is 25.6 Å². The Hall–Kier alpha value is -1.72. The topological polar surface area (TPSA) is 55.8 Å². The maximum atomic E-state index is 11.8. The molecule has 1 aromatic rings. The first-order valence-corrected chi connectivity index (χ1v) is 6.68. The molecule has 20 heavy (non-hydrogen) atoms. The summed E-state index contributed by atoms with van der Waals surface area (Å²) in [5, 5.41) is 0. The van der Waals surface area contributed by atoms with Crippen molar-refractivity contribution in [2.45, 2.75) is 38.3 Å². The van der Waals surface area contributed by atoms with Crippen LogP contribution in [0.25, 0.3) is 0 Å². The molecule has 2 fully saturated rings. The molecule has 0 unspecified atom stereocenters. The summed E-state index contributed by atoms with van der Waals surface area (Å²) in [5.41, 5.74) is 0.997. The van der Waals surface area contributed by atoms with Crippen LogP contribution in [0.5, 0.6) is 0 Å². The van der Waals surface area contributed by atoms with E-state index < -0.39 is 17.7 Å². The van der Waals surface area contributed by atoms with Crippen molar-refractivity contribution in [2.24, 2.45) is 0 Å². The molecule has 2 heterocycles. The van der Waals surface area contributed by atoms with Crippen LogP contribution in [0.2, 0.25) is 0 Å². The quantitative estimate of drug-likeness (QED) is 0.612. The van der Waals surface area contributed by atoms with Gasteiger partial charge >= 0.3 is 0 Å². The zero-order chi connectivity index (χ0) is 14.3. The van der Waals surface area contributed by atoms with Gasteiger partial charge in [0.1, 0.15) is 12.1 Å². The smallest absolute Gasteiger partial charge is 0.293 e. The van der Waals surface area contributed by atoms with Gasteiger partial charge in [0.25, 0.3) is 5.91 Å². The Morgan fingerprint density at radius 3 is 2.55 bits per heavy atom. The van der Waals surface area contributed by atoms with Gasteiger partial charge < -0.3 is 14.4 Å². The Bertz CT molecular complexity index is 540. The van der Waals surface area contributed by atoms with Crippen molar-refractivity contribution >= 4 is 11.7 Å². The summed E-state index contributed by atoms with van der Waals surface area (Å²) in [6, 6.07) is 9.08. The maximum absolute atomic E-state index is 11.8. The van der Waals surface area contributed by atoms with Gasteiger partial charge in [0.05, 0.1) is 6.61 Å². The van der Waals surface area contributed by atoms with Crippen LogP contribution in [0.3, 0.4) is 0 Å². The molecule has 0 spiro atoms. The minimum Gasteiger partial charge on any atom is -0.348 e. The number of hydrogen-bond donors (Lipinski definition) is 0. The van der Waals surface area contributed by atoms with Gasteiger partial charge in [-0.25, -0.2) is 0 Å². The summed E-state index contributed by atoms with van der Waals surface area (Å²) in [7, 11) is 0. The number of likely N-dealkylation sites (tertiary alicyclic amines) is 1. The summed E-state index contributed by atoms with van der Waals surface area (Å²) in [5.74, 6) is -1.51. The van der Waals surface area contributed by atoms with Crippen LogP contribution in [-0.4, -0.2) is 41.1 Å². The first-order chi connectivity index (χ1) is 9.48. The summed E-state index contributed by atoms with van der Waals surface area (Å²) in [6.07, 6.45) is -0.376. The van der Waals surface area contributed by atoms with Gasteiger partial charge in [-0.05, 0) is 19.4 Å². The zero-order valence-electron chi connectivity index (χ0n) is 11.5. The van der Waals surface area contributed by atoms with E-state index in [4.69, 9.17) is 9.47 Å². The molecular weight excluding hydrogens is 258 g/mol. The van der Waals surface area contributed by atoms with Gasteiger partial charge in [-0.15, -0.1) is 0 Å². The molecule has 2 atom stereocenters. The minimum atomic E-state index is -0.692. The van der Waals surface area contributed by atoms with Crippen molar-refractivity contribution in [3.63, 3.8) is 0 Å². The normalized spacial score (nSPS) is 28.6. The molecule has 2 aliphatic rings. The molecule has 1 aromatic carbocycles. The number of nitrogens with zero attached hydrogens (tertiary/aromatic N) is 1. The number of hydrogen-bond acceptors (Lipinski definition) is 4. The molecule has 0 N–H and O–H groups in total. The third-order valence-corrected chi connectivity index (χ3v) is 3.65. The third-order valence-electron chi connectivity index (χ3n) is 3.65. The lowest BCUT2D eigenvalue weighted by Gasteiger charge is -2.41. The van der Waals surface area contributed by atoms with E-state index in [9.17, 15) is 9.59 Å². The molecule has 0 bridgehead atoms. The lowest BCUT2D eigenvalue weighted by molar-refractivity contribution is -0.176. The Kier molecular flexibility index (Phi) is 3.11. The molecule has 0 radical (unpaired) electrons. The summed E-state index contributed by atoms with van der Waals surface area (Å²) >= 11 is 0. The van der Waals surface area contributed by atoms with E-state index in [-0.39, 0.29) is 11.9 Å². The second-order valence-corrected chi connectivity index (χ2v) is 5.59. The van der Waals surface area contributed by atoms with Crippen molar-refractivity contribution in [2.75, 3.05) is 6.61 Å². The van der Waals surface area contributed by atoms with Crippen LogP contribution < -0.4 is 0 Å². The second kappa shape index (κ2) is 4.68. The first-order valence-electron chi connectivity index (χ1n) is 6.68. The highest BCUT2D eigenvalue weighted by Gasteiger charge is 2.54. The highest BCUT2D eigenvalue weighted by Crippen LogP contribution is 2.31. The number of ether oxygens (including phenoxy) is 2. The van der Waals surface area contributed by atoms with Crippen molar-refractivity contribution < 1.29 is 19.1 Å². The molecule has 2 aliphatic heterocycles. The molecule has 106 valence electrons. The first kappa shape index (κ1) is 13.3. The van der Waals surface area contributed by atoms with Gasteiger partial charge in [-0.3, -0.25) is 9.59 Å². The van der Waals surface area contributed by atoms with Gasteiger partial charge in [0.15, 0.2) is 5.79 Å². The highest BCUT2D eigenvalue weighted by atomic mass is 16.7. The van der Waals surface area contributed by atoms with Crippen molar-refractivity contribution in [1.82, 2.24) is 4.90 Å². The third kappa shape index (κ3) is 2.23. The number of rotatable bonds is 3. The lowest BCUT2D eigenvalue weighted by Crippen LogP contribution is -2.66. The number of amides is 1. The van der Waals surface area contributed by atoms with Crippen LogP contribution in [0, 0.1) is 0 Å². The Balaban J connectivity index is 1.73. The molecule has 5 heteroatoms. The van der Waals surface area contributed by atoms with E-state index >= 15 is 0 Å². The van der Waals surface area contributed by atoms with Crippen LogP contribution in [0.15, 0.2) is 30.3 Å². The summed E-state index contributed by atoms with van der Waals surface area (Å²) in [6.45, 7) is 4.37. The summed E-state index contributed by atoms with van der Waals surface area (Å²) in [4.78, 5) is 25.2.